The number of halogens is 3. The third kappa shape index (κ3) is 4.35. The van der Waals surface area contributed by atoms with Gasteiger partial charge in [0.05, 0.1) is 28.9 Å². The van der Waals surface area contributed by atoms with Gasteiger partial charge >= 0.3 is 6.18 Å². The van der Waals surface area contributed by atoms with E-state index < -0.39 is 34.1 Å². The zero-order valence-electron chi connectivity index (χ0n) is 10.5. The van der Waals surface area contributed by atoms with E-state index in [9.17, 15) is 28.4 Å². The van der Waals surface area contributed by atoms with Crippen molar-refractivity contribution in [3.05, 3.63) is 33.9 Å². The van der Waals surface area contributed by atoms with Crippen LogP contribution in [0.2, 0.25) is 0 Å². The third-order valence-electron chi connectivity index (χ3n) is 2.41. The topological polar surface area (TPSA) is 84.6 Å². The molecule has 0 fully saturated rings. The molecule has 20 heavy (non-hydrogen) atoms. The Kier molecular flexibility index (Phi) is 5.28. The van der Waals surface area contributed by atoms with Crippen LogP contribution in [0.4, 0.5) is 24.5 Å². The molecule has 0 aliphatic heterocycles. The summed E-state index contributed by atoms with van der Waals surface area (Å²) in [4.78, 5) is 9.79. The van der Waals surface area contributed by atoms with Gasteiger partial charge in [-0.25, -0.2) is 0 Å². The van der Waals surface area contributed by atoms with Crippen LogP contribution in [-0.2, 0) is 10.9 Å². The summed E-state index contributed by atoms with van der Waals surface area (Å²) in [6.45, 7) is -0.290. The lowest BCUT2D eigenvalue weighted by Gasteiger charge is -2.16. The average molecular weight is 294 g/mol. The smallest absolute Gasteiger partial charge is 0.389 e. The molecular weight excluding hydrogens is 281 g/mol. The Morgan fingerprint density at radius 3 is 2.65 bits per heavy atom. The van der Waals surface area contributed by atoms with Gasteiger partial charge in [0.1, 0.15) is 0 Å². The zero-order valence-corrected chi connectivity index (χ0v) is 10.5. The SMILES string of the molecule is COC[C@H](O)CNc1cc([N+](=O)[O-])ccc1C(F)(F)F. The van der Waals surface area contributed by atoms with E-state index in [1.807, 2.05) is 0 Å². The number of aliphatic hydroxyl groups is 1. The van der Waals surface area contributed by atoms with E-state index in [0.29, 0.717) is 6.07 Å². The number of hydrogen-bond donors (Lipinski definition) is 2. The second kappa shape index (κ2) is 6.53. The number of non-ortho nitro benzene ring substituents is 1. The summed E-state index contributed by atoms with van der Waals surface area (Å²) in [5.41, 5.74) is -1.96. The molecule has 0 saturated heterocycles. The second-order valence-corrected chi connectivity index (χ2v) is 3.97. The fraction of sp³-hybridized carbons (Fsp3) is 0.455. The van der Waals surface area contributed by atoms with Crippen molar-refractivity contribution in [1.82, 2.24) is 0 Å². The highest BCUT2D eigenvalue weighted by atomic mass is 19.4. The first-order valence-corrected chi connectivity index (χ1v) is 5.52. The van der Waals surface area contributed by atoms with Gasteiger partial charge in [0.15, 0.2) is 0 Å². The largest absolute Gasteiger partial charge is 0.418 e. The summed E-state index contributed by atoms with van der Waals surface area (Å²) in [5.74, 6) is 0. The average Bonchev–Trinajstić information content (AvgIpc) is 2.35. The van der Waals surface area contributed by atoms with Crippen LogP contribution in [0.1, 0.15) is 5.56 Å². The summed E-state index contributed by atoms with van der Waals surface area (Å²) in [6, 6.07) is 2.19. The first-order valence-electron chi connectivity index (χ1n) is 5.52. The molecule has 0 bridgehead atoms. The molecule has 1 aromatic rings. The molecule has 0 heterocycles. The van der Waals surface area contributed by atoms with Crippen molar-refractivity contribution in [1.29, 1.82) is 0 Å². The molecule has 2 N–H and O–H groups in total. The fourth-order valence-corrected chi connectivity index (χ4v) is 1.52. The monoisotopic (exact) mass is 294 g/mol. The van der Waals surface area contributed by atoms with Crippen LogP contribution in [0.15, 0.2) is 18.2 Å². The molecule has 112 valence electrons. The maximum absolute atomic E-state index is 12.8. The maximum Gasteiger partial charge on any atom is 0.418 e. The molecule has 1 aromatic carbocycles. The van der Waals surface area contributed by atoms with Gasteiger partial charge in [-0.1, -0.05) is 0 Å². The highest BCUT2D eigenvalue weighted by molar-refractivity contribution is 5.58. The van der Waals surface area contributed by atoms with Crippen molar-refractivity contribution in [2.24, 2.45) is 0 Å². The number of nitrogens with zero attached hydrogens (tertiary/aromatic N) is 1. The van der Waals surface area contributed by atoms with Gasteiger partial charge in [-0.3, -0.25) is 10.1 Å². The molecule has 9 heteroatoms. The number of nitro benzene ring substituents is 1. The van der Waals surface area contributed by atoms with Crippen LogP contribution >= 0.6 is 0 Å². The number of aliphatic hydroxyl groups excluding tert-OH is 1. The molecular formula is C11H13F3N2O4. The normalized spacial score (nSPS) is 13.1. The van der Waals surface area contributed by atoms with Crippen molar-refractivity contribution in [3.63, 3.8) is 0 Å². The van der Waals surface area contributed by atoms with E-state index >= 15 is 0 Å². The Morgan fingerprint density at radius 2 is 2.15 bits per heavy atom. The number of hydrogen-bond acceptors (Lipinski definition) is 5. The quantitative estimate of drug-likeness (QED) is 0.619. The van der Waals surface area contributed by atoms with E-state index in [4.69, 9.17) is 0 Å². The van der Waals surface area contributed by atoms with Crippen LogP contribution < -0.4 is 5.32 Å². The van der Waals surface area contributed by atoms with Gasteiger partial charge in [0.2, 0.25) is 0 Å². The van der Waals surface area contributed by atoms with E-state index in [1.54, 1.807) is 0 Å². The highest BCUT2D eigenvalue weighted by Crippen LogP contribution is 2.36. The zero-order chi connectivity index (χ0) is 15.3. The third-order valence-corrected chi connectivity index (χ3v) is 2.41. The Morgan fingerprint density at radius 1 is 1.50 bits per heavy atom. The van der Waals surface area contributed by atoms with Crippen LogP contribution in [0.3, 0.4) is 0 Å². The molecule has 1 rings (SSSR count). The molecule has 0 saturated carbocycles. The van der Waals surface area contributed by atoms with Crippen molar-refractivity contribution >= 4 is 11.4 Å². The molecule has 0 aliphatic carbocycles. The van der Waals surface area contributed by atoms with Crippen LogP contribution in [0, 0.1) is 10.1 Å². The maximum atomic E-state index is 12.8. The van der Waals surface area contributed by atoms with Crippen molar-refractivity contribution in [2.75, 3.05) is 25.6 Å². The minimum Gasteiger partial charge on any atom is -0.389 e. The number of methoxy groups -OCH3 is 1. The molecule has 0 aromatic heterocycles. The predicted molar refractivity (Wildman–Crippen MR) is 64.5 cm³/mol. The molecule has 0 aliphatic rings. The Hall–Kier alpha value is -1.87. The van der Waals surface area contributed by atoms with E-state index in [2.05, 4.69) is 10.1 Å². The van der Waals surface area contributed by atoms with Gasteiger partial charge in [-0.05, 0) is 6.07 Å². The van der Waals surface area contributed by atoms with Gasteiger partial charge in [-0.2, -0.15) is 13.2 Å². The number of alkyl halides is 3. The minimum absolute atomic E-state index is 0.0662. The number of rotatable bonds is 6. The standard InChI is InChI=1S/C11H13F3N2O4/c1-20-6-8(17)5-15-10-4-7(16(18)19)2-3-9(10)11(12,13)14/h2-4,8,15,17H,5-6H2,1H3/t8-/m1/s1. The molecule has 0 amide bonds. The van der Waals surface area contributed by atoms with Gasteiger partial charge in [0.25, 0.3) is 5.69 Å². The number of benzene rings is 1. The van der Waals surface area contributed by atoms with Crippen molar-refractivity contribution in [3.8, 4) is 0 Å². The van der Waals surface area contributed by atoms with E-state index in [-0.39, 0.29) is 13.2 Å². The molecule has 6 nitrogen and oxygen atoms in total. The number of nitro groups is 1. The van der Waals surface area contributed by atoms with Crippen LogP contribution in [-0.4, -0.2) is 36.4 Å². The molecule has 0 unspecified atom stereocenters. The first kappa shape index (κ1) is 16.2. The number of anilines is 1. The summed E-state index contributed by atoms with van der Waals surface area (Å²) < 4.78 is 42.9. The van der Waals surface area contributed by atoms with Crippen molar-refractivity contribution in [2.45, 2.75) is 12.3 Å². The fourth-order valence-electron chi connectivity index (χ4n) is 1.52. The molecule has 1 atom stereocenters. The Balaban J connectivity index is 3.00. The van der Waals surface area contributed by atoms with Gasteiger partial charge in [-0.15, -0.1) is 0 Å². The van der Waals surface area contributed by atoms with Crippen molar-refractivity contribution < 1.29 is 27.9 Å². The number of nitrogens with one attached hydrogen (secondary N) is 1. The van der Waals surface area contributed by atoms with E-state index in [1.165, 1.54) is 7.11 Å². The van der Waals surface area contributed by atoms with Gasteiger partial charge < -0.3 is 15.2 Å². The molecule has 0 spiro atoms. The summed E-state index contributed by atoms with van der Waals surface area (Å²) >= 11 is 0. The lowest BCUT2D eigenvalue weighted by Crippen LogP contribution is -2.25. The highest BCUT2D eigenvalue weighted by Gasteiger charge is 2.34. The van der Waals surface area contributed by atoms with Gasteiger partial charge in [0, 0.05) is 25.8 Å². The summed E-state index contributed by atoms with van der Waals surface area (Å²) in [7, 11) is 1.33. The van der Waals surface area contributed by atoms with Crippen LogP contribution in [0.5, 0.6) is 0 Å². The van der Waals surface area contributed by atoms with E-state index in [0.717, 1.165) is 12.1 Å². The summed E-state index contributed by atoms with van der Waals surface area (Å²) in [5, 5.41) is 22.3. The Bertz CT molecular complexity index is 479. The first-order chi connectivity index (χ1) is 9.25. The minimum atomic E-state index is -4.65. The van der Waals surface area contributed by atoms with Crippen LogP contribution in [0.25, 0.3) is 0 Å². The predicted octanol–water partition coefficient (Wildman–Crippen LogP) is 2.03. The lowest BCUT2D eigenvalue weighted by atomic mass is 10.1. The Labute approximate surface area is 112 Å². The number of ether oxygens (including phenoxy) is 1. The second-order valence-electron chi connectivity index (χ2n) is 3.97. The lowest BCUT2D eigenvalue weighted by molar-refractivity contribution is -0.384. The molecule has 0 radical (unpaired) electrons. The summed E-state index contributed by atoms with van der Waals surface area (Å²) in [6.07, 6.45) is -5.68.